The normalized spacial score (nSPS) is 11.0. The van der Waals surface area contributed by atoms with Gasteiger partial charge >= 0.3 is 0 Å². The summed E-state index contributed by atoms with van der Waals surface area (Å²) in [6.45, 7) is -0.293. The molecule has 38 valence electrons. The van der Waals surface area contributed by atoms with Gasteiger partial charge in [-0.1, -0.05) is 0 Å². The lowest BCUT2D eigenvalue weighted by Gasteiger charge is -1.90. The van der Waals surface area contributed by atoms with E-state index < -0.39 is 0 Å². The number of rotatable bonds is 3. The van der Waals surface area contributed by atoms with Gasteiger partial charge < -0.3 is 14.7 Å². The molecule has 6 heavy (non-hydrogen) atoms. The van der Waals surface area contributed by atoms with Crippen molar-refractivity contribution in [3.63, 3.8) is 0 Å². The van der Waals surface area contributed by atoms with E-state index in [1.54, 1.807) is 0 Å². The molecular formula is C2H7O3P. The average molecular weight is 110 g/mol. The van der Waals surface area contributed by atoms with Crippen LogP contribution in [0.3, 0.4) is 0 Å². The molecule has 0 bridgehead atoms. The Hall–Kier alpha value is 0.310. The Morgan fingerprint density at radius 2 is 2.17 bits per heavy atom. The van der Waals surface area contributed by atoms with Crippen LogP contribution in [-0.4, -0.2) is 23.4 Å². The molecule has 0 aromatic carbocycles. The van der Waals surface area contributed by atoms with Crippen molar-refractivity contribution < 1.29 is 14.7 Å². The van der Waals surface area contributed by atoms with Crippen LogP contribution >= 0.6 is 8.81 Å². The van der Waals surface area contributed by atoms with Crippen LogP contribution in [0.5, 0.6) is 0 Å². The summed E-state index contributed by atoms with van der Waals surface area (Å²) in [4.78, 5) is 0. The second-order valence-electron chi connectivity index (χ2n) is 0.576. The molecule has 1 atom stereocenters. The summed E-state index contributed by atoms with van der Waals surface area (Å²) in [5, 5.41) is 15.8. The van der Waals surface area contributed by atoms with Crippen LogP contribution in [0, 0.1) is 0 Å². The summed E-state index contributed by atoms with van der Waals surface area (Å²) in [5.41, 5.74) is 0. The van der Waals surface area contributed by atoms with Gasteiger partial charge in [0.15, 0.2) is 0 Å². The number of aliphatic hydroxyl groups excluding tert-OH is 2. The first-order chi connectivity index (χ1) is 2.91. The van der Waals surface area contributed by atoms with Crippen molar-refractivity contribution in [2.45, 2.75) is 0 Å². The topological polar surface area (TPSA) is 49.7 Å². The van der Waals surface area contributed by atoms with Gasteiger partial charge in [-0.2, -0.15) is 0 Å². The van der Waals surface area contributed by atoms with Gasteiger partial charge in [0.05, 0.1) is 6.35 Å². The molecule has 0 aromatic heterocycles. The van der Waals surface area contributed by atoms with Gasteiger partial charge in [0.2, 0.25) is 0 Å². The number of hydrogen-bond acceptors (Lipinski definition) is 3. The monoisotopic (exact) mass is 110 g/mol. The Morgan fingerprint density at radius 3 is 2.33 bits per heavy atom. The van der Waals surface area contributed by atoms with Gasteiger partial charge in [-0.05, 0) is 0 Å². The zero-order chi connectivity index (χ0) is 4.83. The van der Waals surface area contributed by atoms with Crippen LogP contribution < -0.4 is 0 Å². The Balaban J connectivity index is 2.34. The first kappa shape index (κ1) is 6.31. The molecule has 0 heterocycles. The third-order valence-corrected chi connectivity index (χ3v) is 0.693. The van der Waals surface area contributed by atoms with Crippen LogP contribution in [0.4, 0.5) is 0 Å². The van der Waals surface area contributed by atoms with Crippen LogP contribution in [0.15, 0.2) is 0 Å². The highest BCUT2D eigenvalue weighted by Gasteiger charge is 1.74. The lowest BCUT2D eigenvalue weighted by Crippen LogP contribution is -1.79. The molecule has 3 nitrogen and oxygen atoms in total. The molecule has 0 fully saturated rings. The van der Waals surface area contributed by atoms with Crippen molar-refractivity contribution >= 4 is 8.81 Å². The third kappa shape index (κ3) is 4.31. The van der Waals surface area contributed by atoms with E-state index in [-0.39, 0.29) is 21.9 Å². The van der Waals surface area contributed by atoms with Gasteiger partial charge in [-0.3, -0.25) is 0 Å². The highest BCUT2D eigenvalue weighted by molar-refractivity contribution is 7.31. The molecular weight excluding hydrogens is 103 g/mol. The fraction of sp³-hybridized carbons (Fsp3) is 1.00. The molecule has 0 radical (unpaired) electrons. The molecule has 0 aromatic rings. The van der Waals surface area contributed by atoms with Crippen molar-refractivity contribution in [2.75, 3.05) is 13.1 Å². The molecule has 0 amide bonds. The zero-order valence-corrected chi connectivity index (χ0v) is 4.22. The minimum atomic E-state index is -0.293. The van der Waals surface area contributed by atoms with E-state index in [0.717, 1.165) is 0 Å². The largest absolute Gasteiger partial charge is 0.390 e. The quantitative estimate of drug-likeness (QED) is 0.292. The molecule has 0 rings (SSSR count). The Bertz CT molecular complexity index is 20.8. The van der Waals surface area contributed by atoms with Crippen molar-refractivity contribution in [3.8, 4) is 0 Å². The van der Waals surface area contributed by atoms with Crippen LogP contribution in [0.2, 0.25) is 0 Å². The summed E-state index contributed by atoms with van der Waals surface area (Å²) < 4.78 is 4.32. The van der Waals surface area contributed by atoms with Gasteiger partial charge in [0.1, 0.15) is 6.79 Å². The van der Waals surface area contributed by atoms with E-state index in [4.69, 9.17) is 10.2 Å². The van der Waals surface area contributed by atoms with E-state index in [2.05, 4.69) is 4.52 Å². The molecule has 4 heteroatoms. The highest BCUT2D eigenvalue weighted by Crippen LogP contribution is 2.05. The van der Waals surface area contributed by atoms with Crippen LogP contribution in [-0.2, 0) is 4.52 Å². The predicted molar refractivity (Wildman–Crippen MR) is 23.6 cm³/mol. The van der Waals surface area contributed by atoms with Gasteiger partial charge in [-0.15, -0.1) is 0 Å². The van der Waals surface area contributed by atoms with Gasteiger partial charge in [0.25, 0.3) is 0 Å². The third-order valence-electron chi connectivity index (χ3n) is 0.231. The first-order valence-electron chi connectivity index (χ1n) is 1.48. The van der Waals surface area contributed by atoms with E-state index in [1.165, 1.54) is 0 Å². The minimum Gasteiger partial charge on any atom is -0.390 e. The summed E-state index contributed by atoms with van der Waals surface area (Å²) in [7, 11) is 0.0204. The molecule has 2 N–H and O–H groups in total. The maximum atomic E-state index is 7.97. The van der Waals surface area contributed by atoms with Crippen molar-refractivity contribution in [1.82, 2.24) is 0 Å². The fourth-order valence-electron chi connectivity index (χ4n) is 0.0913. The lowest BCUT2D eigenvalue weighted by atomic mass is 11.6. The minimum absolute atomic E-state index is 0.000556. The molecule has 0 aliphatic heterocycles. The fourth-order valence-corrected chi connectivity index (χ4v) is 0.274. The molecule has 0 aliphatic rings. The average Bonchev–Trinajstić information content (AvgIpc) is 1.61. The van der Waals surface area contributed by atoms with E-state index in [1.807, 2.05) is 0 Å². The summed E-state index contributed by atoms with van der Waals surface area (Å²) in [6, 6.07) is 0. The lowest BCUT2D eigenvalue weighted by molar-refractivity contribution is 0.112. The first-order valence-corrected chi connectivity index (χ1v) is 2.59. The summed E-state index contributed by atoms with van der Waals surface area (Å²) in [5.74, 6) is 0. The van der Waals surface area contributed by atoms with Crippen molar-refractivity contribution in [3.05, 3.63) is 0 Å². The van der Waals surface area contributed by atoms with E-state index in [0.29, 0.717) is 0 Å². The number of aliphatic hydroxyl groups is 2. The predicted octanol–water partition coefficient (Wildman–Crippen LogP) is -0.504. The zero-order valence-electron chi connectivity index (χ0n) is 3.22. The molecule has 0 saturated heterocycles. The van der Waals surface area contributed by atoms with Crippen LogP contribution in [0.25, 0.3) is 0 Å². The molecule has 0 spiro atoms. The Labute approximate surface area is 37.8 Å². The second kappa shape index (κ2) is 5.31. The smallest absolute Gasteiger partial charge is 0.147 e. The molecule has 0 saturated carbocycles. The Kier molecular flexibility index (Phi) is 5.58. The van der Waals surface area contributed by atoms with E-state index >= 15 is 0 Å². The molecule has 1 unspecified atom stereocenters. The van der Waals surface area contributed by atoms with Crippen LogP contribution in [0.1, 0.15) is 0 Å². The Morgan fingerprint density at radius 1 is 1.50 bits per heavy atom. The number of hydrogen-bond donors (Lipinski definition) is 2. The van der Waals surface area contributed by atoms with Crippen molar-refractivity contribution in [2.24, 2.45) is 0 Å². The summed E-state index contributed by atoms with van der Waals surface area (Å²) >= 11 is 0. The molecule has 0 aliphatic carbocycles. The second-order valence-corrected chi connectivity index (χ2v) is 1.47. The maximum Gasteiger partial charge on any atom is 0.147 e. The maximum absolute atomic E-state index is 7.97. The van der Waals surface area contributed by atoms with Gasteiger partial charge in [-0.25, -0.2) is 0 Å². The summed E-state index contributed by atoms with van der Waals surface area (Å²) in [6.07, 6.45) is 0.000556. The highest BCUT2D eigenvalue weighted by atomic mass is 31.1. The van der Waals surface area contributed by atoms with Crippen molar-refractivity contribution in [1.29, 1.82) is 0 Å². The van der Waals surface area contributed by atoms with E-state index in [9.17, 15) is 0 Å². The standard InChI is InChI=1S/C2H7O3P/c3-1-5-6-2-4/h3-4,6H,1-2H2. The van der Waals surface area contributed by atoms with Gasteiger partial charge in [0, 0.05) is 8.81 Å². The SMILES string of the molecule is OCOPCO.